The number of morpholine rings is 1. The van der Waals surface area contributed by atoms with Gasteiger partial charge in [-0.05, 0) is 24.6 Å². The van der Waals surface area contributed by atoms with Gasteiger partial charge in [-0.3, -0.25) is 4.79 Å². The van der Waals surface area contributed by atoms with Gasteiger partial charge in [0.05, 0.1) is 12.6 Å². The Morgan fingerprint density at radius 2 is 2.35 bits per heavy atom. The Labute approximate surface area is 105 Å². The number of benzene rings is 1. The molecule has 0 bridgehead atoms. The minimum Gasteiger partial charge on any atom is -0.365 e. The van der Waals surface area contributed by atoms with Crippen molar-refractivity contribution in [3.63, 3.8) is 0 Å². The van der Waals surface area contributed by atoms with Gasteiger partial charge in [0.15, 0.2) is 0 Å². The number of nitrogens with two attached hydrogens (primary N) is 1. The Morgan fingerprint density at radius 3 is 3.06 bits per heavy atom. The van der Waals surface area contributed by atoms with Crippen LogP contribution in [0.2, 0.25) is 5.02 Å². The van der Waals surface area contributed by atoms with Crippen LogP contribution in [0.5, 0.6) is 0 Å². The lowest BCUT2D eigenvalue weighted by Crippen LogP contribution is -2.49. The van der Waals surface area contributed by atoms with Crippen LogP contribution in [0, 0.1) is 6.92 Å². The Kier molecular flexibility index (Phi) is 3.66. The van der Waals surface area contributed by atoms with Crippen LogP contribution in [-0.4, -0.2) is 31.7 Å². The fourth-order valence-electron chi connectivity index (χ4n) is 1.89. The summed E-state index contributed by atoms with van der Waals surface area (Å²) in [7, 11) is 0. The fourth-order valence-corrected chi connectivity index (χ4v) is 2.06. The molecule has 4 nitrogen and oxygen atoms in total. The lowest BCUT2D eigenvalue weighted by atomic mass is 10.1. The van der Waals surface area contributed by atoms with Crippen molar-refractivity contribution in [1.29, 1.82) is 0 Å². The van der Waals surface area contributed by atoms with Crippen molar-refractivity contribution in [2.24, 2.45) is 5.73 Å². The molecule has 0 aromatic heterocycles. The van der Waals surface area contributed by atoms with Crippen molar-refractivity contribution in [3.8, 4) is 0 Å². The number of carbonyl (C=O) groups excluding carboxylic acids is 1. The number of rotatable bonds is 2. The first kappa shape index (κ1) is 12.4. The van der Waals surface area contributed by atoms with Crippen LogP contribution >= 0.6 is 11.6 Å². The summed E-state index contributed by atoms with van der Waals surface area (Å²) in [5.74, 6) is -0.0555. The summed E-state index contributed by atoms with van der Waals surface area (Å²) < 4.78 is 5.31. The molecule has 2 rings (SSSR count). The van der Waals surface area contributed by atoms with E-state index < -0.39 is 0 Å². The fraction of sp³-hybridized carbons (Fsp3) is 0.417. The third-order valence-corrected chi connectivity index (χ3v) is 3.33. The molecule has 2 N–H and O–H groups in total. The van der Waals surface area contributed by atoms with E-state index in [0.29, 0.717) is 18.1 Å². The van der Waals surface area contributed by atoms with Gasteiger partial charge in [-0.1, -0.05) is 17.7 Å². The smallest absolute Gasteiger partial charge is 0.253 e. The number of anilines is 1. The summed E-state index contributed by atoms with van der Waals surface area (Å²) >= 11 is 6.06. The second-order valence-corrected chi connectivity index (χ2v) is 4.46. The van der Waals surface area contributed by atoms with Gasteiger partial charge in [-0.2, -0.15) is 0 Å². The highest BCUT2D eigenvalue weighted by Gasteiger charge is 2.27. The Morgan fingerprint density at radius 1 is 1.59 bits per heavy atom. The van der Waals surface area contributed by atoms with E-state index in [1.54, 1.807) is 4.90 Å². The van der Waals surface area contributed by atoms with Crippen molar-refractivity contribution >= 4 is 23.2 Å². The summed E-state index contributed by atoms with van der Waals surface area (Å²) in [6.45, 7) is 2.87. The van der Waals surface area contributed by atoms with Crippen molar-refractivity contribution in [3.05, 3.63) is 28.8 Å². The SMILES string of the molecule is Cc1c(Cl)cccc1N1CC(CN)OCC1=O. The van der Waals surface area contributed by atoms with Crippen LogP contribution in [-0.2, 0) is 9.53 Å². The van der Waals surface area contributed by atoms with Gasteiger partial charge in [0.1, 0.15) is 6.61 Å². The van der Waals surface area contributed by atoms with Gasteiger partial charge < -0.3 is 15.4 Å². The molecule has 1 fully saturated rings. The molecule has 0 radical (unpaired) electrons. The van der Waals surface area contributed by atoms with Gasteiger partial charge in [-0.15, -0.1) is 0 Å². The Balaban J connectivity index is 2.31. The normalized spacial score (nSPS) is 20.8. The van der Waals surface area contributed by atoms with Gasteiger partial charge in [0.2, 0.25) is 0 Å². The van der Waals surface area contributed by atoms with Gasteiger partial charge in [-0.25, -0.2) is 0 Å². The van der Waals surface area contributed by atoms with E-state index in [1.165, 1.54) is 0 Å². The second kappa shape index (κ2) is 5.04. The van der Waals surface area contributed by atoms with Crippen molar-refractivity contribution in [2.75, 3.05) is 24.6 Å². The first-order chi connectivity index (χ1) is 8.13. The summed E-state index contributed by atoms with van der Waals surface area (Å²) in [6, 6.07) is 5.54. The summed E-state index contributed by atoms with van der Waals surface area (Å²) in [6.07, 6.45) is -0.105. The number of ether oxygens (including phenoxy) is 1. The van der Waals surface area contributed by atoms with E-state index in [1.807, 2.05) is 25.1 Å². The third-order valence-electron chi connectivity index (χ3n) is 2.92. The highest BCUT2D eigenvalue weighted by Crippen LogP contribution is 2.28. The van der Waals surface area contributed by atoms with Gasteiger partial charge in [0, 0.05) is 17.3 Å². The molecule has 1 saturated heterocycles. The van der Waals surface area contributed by atoms with Crippen molar-refractivity contribution in [1.82, 2.24) is 0 Å². The van der Waals surface area contributed by atoms with E-state index in [4.69, 9.17) is 22.1 Å². The number of carbonyl (C=O) groups is 1. The first-order valence-corrected chi connectivity index (χ1v) is 5.88. The van der Waals surface area contributed by atoms with E-state index in [9.17, 15) is 4.79 Å². The molecule has 1 aliphatic heterocycles. The summed E-state index contributed by atoms with van der Waals surface area (Å²) in [5, 5.41) is 0.658. The van der Waals surface area contributed by atoms with Crippen LogP contribution in [0.15, 0.2) is 18.2 Å². The van der Waals surface area contributed by atoms with Crippen LogP contribution in [0.1, 0.15) is 5.56 Å². The molecule has 5 heteroatoms. The summed E-state index contributed by atoms with van der Waals surface area (Å²) in [4.78, 5) is 13.5. The molecule has 1 amide bonds. The largest absolute Gasteiger partial charge is 0.365 e. The molecule has 1 atom stereocenters. The minimum absolute atomic E-state index is 0.0555. The van der Waals surface area contributed by atoms with Crippen molar-refractivity contribution in [2.45, 2.75) is 13.0 Å². The number of nitrogens with zero attached hydrogens (tertiary/aromatic N) is 1. The van der Waals surface area contributed by atoms with Crippen LogP contribution in [0.4, 0.5) is 5.69 Å². The number of hydrogen-bond donors (Lipinski definition) is 1. The molecule has 1 unspecified atom stereocenters. The Hall–Kier alpha value is -1.10. The van der Waals surface area contributed by atoms with Crippen molar-refractivity contribution < 1.29 is 9.53 Å². The molecule has 1 aromatic rings. The lowest BCUT2D eigenvalue weighted by Gasteiger charge is -2.33. The number of hydrogen-bond acceptors (Lipinski definition) is 3. The maximum atomic E-state index is 11.8. The van der Waals surface area contributed by atoms with E-state index in [2.05, 4.69) is 0 Å². The number of halogens is 1. The summed E-state index contributed by atoms with van der Waals surface area (Å²) in [5.41, 5.74) is 7.31. The van der Waals surface area contributed by atoms with E-state index in [0.717, 1.165) is 11.3 Å². The molecule has 1 heterocycles. The molecule has 0 spiro atoms. The molecule has 92 valence electrons. The standard InChI is InChI=1S/C12H15ClN2O2/c1-8-10(13)3-2-4-11(8)15-6-9(5-14)17-7-12(15)16/h2-4,9H,5-7,14H2,1H3. The average Bonchev–Trinajstić information content (AvgIpc) is 2.34. The predicted octanol–water partition coefficient (Wildman–Crippen LogP) is 1.34. The van der Waals surface area contributed by atoms with Gasteiger partial charge >= 0.3 is 0 Å². The predicted molar refractivity (Wildman–Crippen MR) is 67.3 cm³/mol. The zero-order valence-corrected chi connectivity index (χ0v) is 10.4. The topological polar surface area (TPSA) is 55.6 Å². The minimum atomic E-state index is -0.105. The monoisotopic (exact) mass is 254 g/mol. The first-order valence-electron chi connectivity index (χ1n) is 5.50. The van der Waals surface area contributed by atoms with E-state index >= 15 is 0 Å². The van der Waals surface area contributed by atoms with Crippen LogP contribution in [0.25, 0.3) is 0 Å². The maximum Gasteiger partial charge on any atom is 0.253 e. The molecule has 0 aliphatic carbocycles. The molecular weight excluding hydrogens is 240 g/mol. The molecule has 17 heavy (non-hydrogen) atoms. The molecule has 1 aliphatic rings. The van der Waals surface area contributed by atoms with E-state index in [-0.39, 0.29) is 18.6 Å². The average molecular weight is 255 g/mol. The molecule has 0 saturated carbocycles. The number of amides is 1. The molecule has 1 aromatic carbocycles. The zero-order valence-electron chi connectivity index (χ0n) is 9.65. The molecular formula is C12H15ClN2O2. The van der Waals surface area contributed by atoms with Crippen LogP contribution in [0.3, 0.4) is 0 Å². The quantitative estimate of drug-likeness (QED) is 0.867. The maximum absolute atomic E-state index is 11.8. The highest BCUT2D eigenvalue weighted by atomic mass is 35.5. The third kappa shape index (κ3) is 2.44. The Bertz CT molecular complexity index is 437. The highest BCUT2D eigenvalue weighted by molar-refractivity contribution is 6.31. The van der Waals surface area contributed by atoms with Crippen LogP contribution < -0.4 is 10.6 Å². The zero-order chi connectivity index (χ0) is 12.4. The lowest BCUT2D eigenvalue weighted by molar-refractivity contribution is -0.128. The second-order valence-electron chi connectivity index (χ2n) is 4.06. The van der Waals surface area contributed by atoms with Gasteiger partial charge in [0.25, 0.3) is 5.91 Å².